The second-order valence-electron chi connectivity index (χ2n) is 2.58. The summed E-state index contributed by atoms with van der Waals surface area (Å²) in [6.45, 7) is 0. The number of carbonyl (C=O) groups is 2. The maximum Gasteiger partial charge on any atom is 0.269 e. The van der Waals surface area contributed by atoms with Gasteiger partial charge in [0.25, 0.3) is 5.91 Å². The van der Waals surface area contributed by atoms with E-state index in [9.17, 15) is 9.59 Å². The van der Waals surface area contributed by atoms with Gasteiger partial charge in [-0.15, -0.1) is 11.6 Å². The van der Waals surface area contributed by atoms with Crippen molar-refractivity contribution in [3.63, 3.8) is 0 Å². The van der Waals surface area contributed by atoms with Crippen LogP contribution in [0, 0.1) is 0 Å². The molecule has 0 aliphatic carbocycles. The van der Waals surface area contributed by atoms with Crippen LogP contribution in [0.4, 0.5) is 5.69 Å². The van der Waals surface area contributed by atoms with E-state index in [4.69, 9.17) is 17.3 Å². The number of nitrogens with zero attached hydrogens (tertiary/aromatic N) is 2. The SMILES string of the molecule is Cn1ncc(NC(=O)CCl)c1C(N)=O. The molecule has 0 fully saturated rings. The Balaban J connectivity index is 2.98. The Labute approximate surface area is 85.0 Å². The summed E-state index contributed by atoms with van der Waals surface area (Å²) in [5, 5.41) is 6.19. The number of halogens is 1. The summed E-state index contributed by atoms with van der Waals surface area (Å²) in [5.41, 5.74) is 5.50. The molecular weight excluding hydrogens is 208 g/mol. The van der Waals surface area contributed by atoms with Gasteiger partial charge in [0.2, 0.25) is 5.91 Å². The topological polar surface area (TPSA) is 90.0 Å². The number of aryl methyl sites for hydroxylation is 1. The number of nitrogens with two attached hydrogens (primary N) is 1. The zero-order valence-electron chi connectivity index (χ0n) is 7.45. The molecule has 7 heteroatoms. The van der Waals surface area contributed by atoms with Crippen LogP contribution in [0.15, 0.2) is 6.20 Å². The van der Waals surface area contributed by atoms with Crippen molar-refractivity contribution in [2.75, 3.05) is 11.2 Å². The summed E-state index contributed by atoms with van der Waals surface area (Å²) in [5.74, 6) is -1.26. The minimum absolute atomic E-state index is 0.142. The first-order valence-corrected chi connectivity index (χ1v) is 4.27. The van der Waals surface area contributed by atoms with Crippen molar-refractivity contribution >= 4 is 29.1 Å². The van der Waals surface area contributed by atoms with E-state index in [1.807, 2.05) is 0 Å². The molecule has 1 aromatic rings. The van der Waals surface area contributed by atoms with Crippen molar-refractivity contribution in [2.24, 2.45) is 12.8 Å². The molecule has 0 saturated heterocycles. The summed E-state index contributed by atoms with van der Waals surface area (Å²) < 4.78 is 1.28. The van der Waals surface area contributed by atoms with E-state index < -0.39 is 11.8 Å². The first kappa shape index (κ1) is 10.5. The van der Waals surface area contributed by atoms with E-state index in [2.05, 4.69) is 10.4 Å². The lowest BCUT2D eigenvalue weighted by Gasteiger charge is -2.02. The van der Waals surface area contributed by atoms with Crippen LogP contribution < -0.4 is 11.1 Å². The van der Waals surface area contributed by atoms with Gasteiger partial charge < -0.3 is 11.1 Å². The minimum Gasteiger partial charge on any atom is -0.364 e. The van der Waals surface area contributed by atoms with Gasteiger partial charge in [-0.2, -0.15) is 5.10 Å². The number of carbonyl (C=O) groups excluding carboxylic acids is 2. The second-order valence-corrected chi connectivity index (χ2v) is 2.84. The molecule has 2 amide bonds. The zero-order chi connectivity index (χ0) is 10.7. The van der Waals surface area contributed by atoms with Crippen LogP contribution in [0.2, 0.25) is 0 Å². The first-order valence-electron chi connectivity index (χ1n) is 3.74. The Morgan fingerprint density at radius 1 is 1.71 bits per heavy atom. The molecule has 0 saturated carbocycles. The third-order valence-electron chi connectivity index (χ3n) is 1.57. The highest BCUT2D eigenvalue weighted by atomic mass is 35.5. The lowest BCUT2D eigenvalue weighted by Crippen LogP contribution is -2.20. The average Bonchev–Trinajstić information content (AvgIpc) is 2.46. The Bertz CT molecular complexity index is 374. The van der Waals surface area contributed by atoms with Gasteiger partial charge in [0.1, 0.15) is 11.6 Å². The van der Waals surface area contributed by atoms with Crippen LogP contribution in [0.1, 0.15) is 10.5 Å². The molecular formula is C7H9ClN4O2. The predicted molar refractivity (Wildman–Crippen MR) is 51.1 cm³/mol. The molecule has 0 aromatic carbocycles. The molecule has 14 heavy (non-hydrogen) atoms. The van der Waals surface area contributed by atoms with Crippen molar-refractivity contribution in [3.05, 3.63) is 11.9 Å². The zero-order valence-corrected chi connectivity index (χ0v) is 8.21. The largest absolute Gasteiger partial charge is 0.364 e. The molecule has 0 spiro atoms. The van der Waals surface area contributed by atoms with Gasteiger partial charge in [0.05, 0.1) is 11.9 Å². The highest BCUT2D eigenvalue weighted by molar-refractivity contribution is 6.29. The number of hydrogen-bond acceptors (Lipinski definition) is 3. The number of anilines is 1. The van der Waals surface area contributed by atoms with Crippen LogP contribution in [0.3, 0.4) is 0 Å². The molecule has 0 aliphatic rings. The molecule has 76 valence electrons. The van der Waals surface area contributed by atoms with Gasteiger partial charge in [0, 0.05) is 7.05 Å². The lowest BCUT2D eigenvalue weighted by molar-refractivity contribution is -0.113. The number of nitrogens with one attached hydrogen (secondary N) is 1. The van der Waals surface area contributed by atoms with Crippen LogP contribution in [0.25, 0.3) is 0 Å². The van der Waals surface area contributed by atoms with Crippen LogP contribution >= 0.6 is 11.6 Å². The van der Waals surface area contributed by atoms with E-state index in [0.29, 0.717) is 0 Å². The van der Waals surface area contributed by atoms with E-state index in [0.717, 1.165) is 0 Å². The van der Waals surface area contributed by atoms with Crippen molar-refractivity contribution in [2.45, 2.75) is 0 Å². The summed E-state index contributed by atoms with van der Waals surface area (Å²) >= 11 is 5.29. The van der Waals surface area contributed by atoms with E-state index >= 15 is 0 Å². The molecule has 3 N–H and O–H groups in total. The van der Waals surface area contributed by atoms with Crippen molar-refractivity contribution in [3.8, 4) is 0 Å². The molecule has 1 aromatic heterocycles. The third-order valence-corrected chi connectivity index (χ3v) is 1.81. The monoisotopic (exact) mass is 216 g/mol. The fourth-order valence-corrected chi connectivity index (χ4v) is 1.07. The smallest absolute Gasteiger partial charge is 0.269 e. The number of primary amides is 1. The minimum atomic E-state index is -0.658. The molecule has 0 aliphatic heterocycles. The Kier molecular flexibility index (Phi) is 3.08. The molecule has 0 bridgehead atoms. The number of amides is 2. The summed E-state index contributed by atoms with van der Waals surface area (Å²) in [6.07, 6.45) is 1.34. The normalized spacial score (nSPS) is 9.86. The molecule has 1 heterocycles. The van der Waals surface area contributed by atoms with Gasteiger partial charge in [-0.25, -0.2) is 0 Å². The van der Waals surface area contributed by atoms with E-state index in [1.54, 1.807) is 7.05 Å². The lowest BCUT2D eigenvalue weighted by atomic mass is 10.3. The Morgan fingerprint density at radius 2 is 2.36 bits per heavy atom. The second kappa shape index (κ2) is 4.10. The van der Waals surface area contributed by atoms with Crippen molar-refractivity contribution in [1.82, 2.24) is 9.78 Å². The summed E-state index contributed by atoms with van der Waals surface area (Å²) in [4.78, 5) is 21.9. The van der Waals surface area contributed by atoms with Crippen molar-refractivity contribution in [1.29, 1.82) is 0 Å². The van der Waals surface area contributed by atoms with Gasteiger partial charge in [-0.05, 0) is 0 Å². The number of aromatic nitrogens is 2. The molecule has 0 unspecified atom stereocenters. The highest BCUT2D eigenvalue weighted by Crippen LogP contribution is 2.12. The maximum atomic E-state index is 11.0. The highest BCUT2D eigenvalue weighted by Gasteiger charge is 2.15. The molecule has 0 atom stereocenters. The van der Waals surface area contributed by atoms with Gasteiger partial charge in [-0.1, -0.05) is 0 Å². The number of hydrogen-bond donors (Lipinski definition) is 2. The Morgan fingerprint density at radius 3 is 2.86 bits per heavy atom. The number of alkyl halides is 1. The standard InChI is InChI=1S/C7H9ClN4O2/c1-12-6(7(9)14)4(3-10-12)11-5(13)2-8/h3H,2H2,1H3,(H2,9,14)(H,11,13). The molecule has 6 nitrogen and oxygen atoms in total. The van der Waals surface area contributed by atoms with Crippen LogP contribution in [0.5, 0.6) is 0 Å². The predicted octanol–water partition coefficient (Wildman–Crippen LogP) is -0.304. The quantitative estimate of drug-likeness (QED) is 0.680. The summed E-state index contributed by atoms with van der Waals surface area (Å²) in [6, 6.07) is 0. The third kappa shape index (κ3) is 2.02. The summed E-state index contributed by atoms with van der Waals surface area (Å²) in [7, 11) is 1.55. The Hall–Kier alpha value is -1.56. The van der Waals surface area contributed by atoms with Gasteiger partial charge in [-0.3, -0.25) is 14.3 Å². The van der Waals surface area contributed by atoms with Gasteiger partial charge >= 0.3 is 0 Å². The fourth-order valence-electron chi connectivity index (χ4n) is 1.00. The van der Waals surface area contributed by atoms with Gasteiger partial charge in [0.15, 0.2) is 0 Å². The van der Waals surface area contributed by atoms with Crippen LogP contribution in [-0.2, 0) is 11.8 Å². The fraction of sp³-hybridized carbons (Fsp3) is 0.286. The molecule has 0 radical (unpaired) electrons. The van der Waals surface area contributed by atoms with Crippen molar-refractivity contribution < 1.29 is 9.59 Å². The molecule has 1 rings (SSSR count). The van der Waals surface area contributed by atoms with Crippen LogP contribution in [-0.4, -0.2) is 27.5 Å². The average molecular weight is 217 g/mol. The number of rotatable bonds is 3. The van der Waals surface area contributed by atoms with E-state index in [1.165, 1.54) is 10.9 Å². The maximum absolute atomic E-state index is 11.0. The first-order chi connectivity index (χ1) is 6.56. The van der Waals surface area contributed by atoms with E-state index in [-0.39, 0.29) is 17.3 Å².